The predicted octanol–water partition coefficient (Wildman–Crippen LogP) is 3.65. The average molecular weight is 288 g/mol. The molecule has 0 aromatic heterocycles. The lowest BCUT2D eigenvalue weighted by molar-refractivity contribution is -0.132. The molecule has 0 saturated heterocycles. The van der Waals surface area contributed by atoms with Crippen LogP contribution in [0.15, 0.2) is 11.6 Å². The van der Waals surface area contributed by atoms with Crippen molar-refractivity contribution in [2.45, 2.75) is 51.9 Å². The maximum Gasteiger partial charge on any atom is 0.331 e. The lowest BCUT2D eigenvalue weighted by atomic mass is 9.88. The zero-order valence-corrected chi connectivity index (χ0v) is 12.6. The molecule has 0 heterocycles. The number of hydrogen-bond donors (Lipinski definition) is 2. The van der Waals surface area contributed by atoms with E-state index < -0.39 is 13.3 Å². The molecule has 0 aromatic carbocycles. The Morgan fingerprint density at radius 3 is 2.47 bits per heavy atom. The normalized spacial score (nSPS) is 21.1. The summed E-state index contributed by atoms with van der Waals surface area (Å²) in [5.74, 6) is -0.776. The van der Waals surface area contributed by atoms with Crippen LogP contribution in [0.4, 0.5) is 0 Å². The molecule has 1 saturated carbocycles. The second kappa shape index (κ2) is 7.86. The van der Waals surface area contributed by atoms with E-state index in [0.717, 1.165) is 32.1 Å². The van der Waals surface area contributed by atoms with Crippen LogP contribution >= 0.6 is 7.37 Å². The van der Waals surface area contributed by atoms with Gasteiger partial charge in [0, 0.05) is 11.7 Å². The van der Waals surface area contributed by atoms with Crippen LogP contribution in [-0.4, -0.2) is 28.3 Å². The van der Waals surface area contributed by atoms with Crippen molar-refractivity contribution in [3.05, 3.63) is 11.6 Å². The molecule has 0 radical (unpaired) electrons. The van der Waals surface area contributed by atoms with Crippen molar-refractivity contribution < 1.29 is 19.4 Å². The van der Waals surface area contributed by atoms with Gasteiger partial charge in [-0.3, -0.25) is 4.57 Å². The predicted molar refractivity (Wildman–Crippen MR) is 76.8 cm³/mol. The summed E-state index contributed by atoms with van der Waals surface area (Å²) in [6, 6.07) is 0. The van der Waals surface area contributed by atoms with Gasteiger partial charge in [-0.1, -0.05) is 38.7 Å². The second-order valence-electron chi connectivity index (χ2n) is 5.48. The summed E-state index contributed by atoms with van der Waals surface area (Å²) in [5.41, 5.74) is 0.133. The number of unbranched alkanes of at least 4 members (excludes halogenated alkanes) is 1. The van der Waals surface area contributed by atoms with E-state index in [0.29, 0.717) is 6.42 Å². The van der Waals surface area contributed by atoms with E-state index in [1.807, 2.05) is 6.92 Å². The quantitative estimate of drug-likeness (QED) is 0.554. The summed E-state index contributed by atoms with van der Waals surface area (Å²) in [6.07, 6.45) is 8.75. The number of carboxylic acid groups (broad SMARTS) is 1. The van der Waals surface area contributed by atoms with Crippen LogP contribution in [0, 0.1) is 5.92 Å². The summed E-state index contributed by atoms with van der Waals surface area (Å²) in [4.78, 5) is 21.1. The van der Waals surface area contributed by atoms with Crippen LogP contribution < -0.4 is 0 Å². The number of carboxylic acids is 1. The fraction of sp³-hybridized carbons (Fsp3) is 0.786. The van der Waals surface area contributed by atoms with E-state index in [9.17, 15) is 19.4 Å². The lowest BCUT2D eigenvalue weighted by Crippen LogP contribution is -2.11. The van der Waals surface area contributed by atoms with Crippen LogP contribution in [0.3, 0.4) is 0 Å². The van der Waals surface area contributed by atoms with E-state index in [-0.39, 0.29) is 23.8 Å². The molecule has 4 nitrogen and oxygen atoms in total. The van der Waals surface area contributed by atoms with Gasteiger partial charge in [0.2, 0.25) is 7.37 Å². The Morgan fingerprint density at radius 1 is 1.32 bits per heavy atom. The minimum atomic E-state index is -3.34. The first kappa shape index (κ1) is 16.5. The number of carbonyl (C=O) groups is 1. The van der Waals surface area contributed by atoms with Crippen molar-refractivity contribution >= 4 is 13.3 Å². The minimum absolute atomic E-state index is 0.133. The maximum absolute atomic E-state index is 12.0. The van der Waals surface area contributed by atoms with Crippen molar-refractivity contribution in [3.63, 3.8) is 0 Å². The van der Waals surface area contributed by atoms with Gasteiger partial charge in [0.05, 0.1) is 6.16 Å². The van der Waals surface area contributed by atoms with Gasteiger partial charge in [-0.2, -0.15) is 0 Å². The third-order valence-electron chi connectivity index (χ3n) is 3.64. The Labute approximate surface area is 115 Å². The summed E-state index contributed by atoms with van der Waals surface area (Å²) in [6.45, 7) is 1.95. The molecule has 1 rings (SSSR count). The SMILES string of the molecule is CCCCP(=O)(O)CC(=CC1CCCCC1)C(=O)O. The molecule has 19 heavy (non-hydrogen) atoms. The summed E-state index contributed by atoms with van der Waals surface area (Å²) >= 11 is 0. The number of rotatable bonds is 7. The average Bonchev–Trinajstić information content (AvgIpc) is 2.36. The molecule has 0 bridgehead atoms. The van der Waals surface area contributed by atoms with Gasteiger partial charge in [0.25, 0.3) is 0 Å². The first-order chi connectivity index (χ1) is 8.94. The first-order valence-corrected chi connectivity index (χ1v) is 9.22. The van der Waals surface area contributed by atoms with E-state index in [2.05, 4.69) is 0 Å². The topological polar surface area (TPSA) is 74.6 Å². The lowest BCUT2D eigenvalue weighted by Gasteiger charge is -2.19. The molecule has 110 valence electrons. The molecule has 1 aliphatic carbocycles. The molecule has 1 fully saturated rings. The number of aliphatic carboxylic acids is 1. The molecule has 5 heteroatoms. The fourth-order valence-electron chi connectivity index (χ4n) is 2.53. The second-order valence-corrected chi connectivity index (χ2v) is 7.93. The zero-order chi connectivity index (χ0) is 14.3. The van der Waals surface area contributed by atoms with Crippen LogP contribution in [0.1, 0.15) is 51.9 Å². The molecular formula is C14H25O4P. The molecule has 0 aliphatic heterocycles. The molecule has 0 spiro atoms. The van der Waals surface area contributed by atoms with Gasteiger partial charge in [0.15, 0.2) is 0 Å². The van der Waals surface area contributed by atoms with E-state index in [1.54, 1.807) is 6.08 Å². The van der Waals surface area contributed by atoms with Gasteiger partial charge in [-0.25, -0.2) is 4.79 Å². The van der Waals surface area contributed by atoms with Crippen molar-refractivity contribution in [1.29, 1.82) is 0 Å². The van der Waals surface area contributed by atoms with Crippen molar-refractivity contribution in [2.24, 2.45) is 5.92 Å². The van der Waals surface area contributed by atoms with Gasteiger partial charge < -0.3 is 10.00 Å². The van der Waals surface area contributed by atoms with Crippen LogP contribution in [0.2, 0.25) is 0 Å². The number of allylic oxidation sites excluding steroid dienone is 1. The Balaban J connectivity index is 2.68. The van der Waals surface area contributed by atoms with Gasteiger partial charge in [-0.05, 0) is 25.2 Å². The van der Waals surface area contributed by atoms with Gasteiger partial charge >= 0.3 is 5.97 Å². The first-order valence-electron chi connectivity index (χ1n) is 7.19. The van der Waals surface area contributed by atoms with E-state index in [1.165, 1.54) is 6.42 Å². The molecule has 1 unspecified atom stereocenters. The van der Waals surface area contributed by atoms with Crippen molar-refractivity contribution in [2.75, 3.05) is 12.3 Å². The highest BCUT2D eigenvalue weighted by atomic mass is 31.2. The molecule has 1 aliphatic rings. The summed E-state index contributed by atoms with van der Waals surface area (Å²) in [5, 5.41) is 9.19. The monoisotopic (exact) mass is 288 g/mol. The molecule has 1 atom stereocenters. The highest BCUT2D eigenvalue weighted by Gasteiger charge is 2.24. The van der Waals surface area contributed by atoms with Crippen LogP contribution in [0.25, 0.3) is 0 Å². The van der Waals surface area contributed by atoms with E-state index >= 15 is 0 Å². The third kappa shape index (κ3) is 6.40. The molecule has 2 N–H and O–H groups in total. The third-order valence-corrected chi connectivity index (χ3v) is 5.49. The van der Waals surface area contributed by atoms with Crippen molar-refractivity contribution in [1.82, 2.24) is 0 Å². The Kier molecular flexibility index (Phi) is 6.81. The van der Waals surface area contributed by atoms with Crippen LogP contribution in [-0.2, 0) is 9.36 Å². The largest absolute Gasteiger partial charge is 0.478 e. The minimum Gasteiger partial charge on any atom is -0.478 e. The Hall–Kier alpha value is -0.600. The molecule has 0 amide bonds. The zero-order valence-electron chi connectivity index (χ0n) is 11.7. The molecule has 0 aromatic rings. The van der Waals surface area contributed by atoms with Crippen molar-refractivity contribution in [3.8, 4) is 0 Å². The number of hydrogen-bond acceptors (Lipinski definition) is 2. The smallest absolute Gasteiger partial charge is 0.331 e. The van der Waals surface area contributed by atoms with Gasteiger partial charge in [-0.15, -0.1) is 0 Å². The van der Waals surface area contributed by atoms with Gasteiger partial charge in [0.1, 0.15) is 0 Å². The summed E-state index contributed by atoms with van der Waals surface area (Å²) < 4.78 is 12.0. The Bertz CT molecular complexity index is 370. The highest BCUT2D eigenvalue weighted by Crippen LogP contribution is 2.43. The summed E-state index contributed by atoms with van der Waals surface area (Å²) in [7, 11) is -3.34. The fourth-order valence-corrected chi connectivity index (χ4v) is 4.27. The van der Waals surface area contributed by atoms with E-state index in [4.69, 9.17) is 0 Å². The van der Waals surface area contributed by atoms with Crippen LogP contribution in [0.5, 0.6) is 0 Å². The standard InChI is InChI=1S/C14H25O4P/c1-2-3-9-19(17,18)11-13(14(15)16)10-12-7-5-4-6-8-12/h10,12H,2-9,11H2,1H3,(H,15,16)(H,17,18). The Morgan fingerprint density at radius 2 is 1.95 bits per heavy atom. The molecular weight excluding hydrogens is 263 g/mol. The highest BCUT2D eigenvalue weighted by molar-refractivity contribution is 7.58. The maximum atomic E-state index is 12.0.